The monoisotopic (exact) mass is 434 g/mol. The van der Waals surface area contributed by atoms with E-state index < -0.39 is 6.04 Å². The van der Waals surface area contributed by atoms with Crippen molar-refractivity contribution in [1.82, 2.24) is 0 Å². The number of ketones is 1. The molecule has 1 amide bonds. The lowest BCUT2D eigenvalue weighted by Gasteiger charge is -2.37. The van der Waals surface area contributed by atoms with Crippen LogP contribution >= 0.6 is 0 Å². The van der Waals surface area contributed by atoms with Gasteiger partial charge < -0.3 is 14.8 Å². The summed E-state index contributed by atoms with van der Waals surface area (Å²) in [6, 6.07) is 12.7. The lowest BCUT2D eigenvalue weighted by Crippen LogP contribution is -2.39. The van der Waals surface area contributed by atoms with Crippen LogP contribution in [0.1, 0.15) is 51.6 Å². The normalized spacial score (nSPS) is 19.5. The van der Waals surface area contributed by atoms with E-state index in [2.05, 4.69) is 19.2 Å². The number of carbonyl (C=O) groups is 2. The Labute approximate surface area is 189 Å². The van der Waals surface area contributed by atoms with Gasteiger partial charge in [0, 0.05) is 35.7 Å². The number of nitrogens with one attached hydrogen (secondary N) is 1. The molecule has 1 aliphatic carbocycles. The summed E-state index contributed by atoms with van der Waals surface area (Å²) < 4.78 is 11.1. The molecule has 1 atom stereocenters. The lowest BCUT2D eigenvalue weighted by molar-refractivity contribution is -0.119. The van der Waals surface area contributed by atoms with Crippen LogP contribution in [0, 0.1) is 5.41 Å². The molecule has 1 heterocycles. The molecule has 1 aliphatic heterocycles. The van der Waals surface area contributed by atoms with Crippen molar-refractivity contribution in [3.8, 4) is 11.5 Å². The van der Waals surface area contributed by atoms with Crippen LogP contribution < -0.4 is 19.7 Å². The van der Waals surface area contributed by atoms with Crippen LogP contribution in [0.4, 0.5) is 11.4 Å². The van der Waals surface area contributed by atoms with Gasteiger partial charge in [-0.15, -0.1) is 0 Å². The van der Waals surface area contributed by atoms with Gasteiger partial charge in [-0.3, -0.25) is 14.5 Å². The molecule has 0 saturated heterocycles. The first-order valence-electron chi connectivity index (χ1n) is 11.0. The molecule has 0 saturated carbocycles. The number of Topliss-reactive ketones (excluding diaryl/α,β-unsaturated/α-hetero) is 1. The SMILES string of the molecule is CCC(=O)N1c2ccccc2NC2=C(C(=O)CC(C)(C)C2)[C@@H]1c1ccc(OC)cc1OC. The van der Waals surface area contributed by atoms with Crippen molar-refractivity contribution < 1.29 is 19.1 Å². The van der Waals surface area contributed by atoms with E-state index in [1.165, 1.54) is 0 Å². The molecule has 6 heteroatoms. The van der Waals surface area contributed by atoms with E-state index in [9.17, 15) is 9.59 Å². The Bertz CT molecular complexity index is 1100. The molecule has 1 N–H and O–H groups in total. The fourth-order valence-corrected chi connectivity index (χ4v) is 4.77. The number of para-hydroxylation sites is 2. The zero-order valence-corrected chi connectivity index (χ0v) is 19.3. The van der Waals surface area contributed by atoms with E-state index in [-0.39, 0.29) is 17.1 Å². The van der Waals surface area contributed by atoms with Crippen molar-refractivity contribution >= 4 is 23.1 Å². The first kappa shape index (κ1) is 21.9. The maximum Gasteiger partial charge on any atom is 0.227 e. The second-order valence-corrected chi connectivity index (χ2v) is 9.10. The average Bonchev–Trinajstić information content (AvgIpc) is 2.91. The predicted molar refractivity (Wildman–Crippen MR) is 125 cm³/mol. The number of amides is 1. The minimum Gasteiger partial charge on any atom is -0.497 e. The Morgan fingerprint density at radius 2 is 1.88 bits per heavy atom. The van der Waals surface area contributed by atoms with E-state index in [0.717, 1.165) is 22.6 Å². The van der Waals surface area contributed by atoms with E-state index in [1.54, 1.807) is 25.2 Å². The van der Waals surface area contributed by atoms with Gasteiger partial charge in [0.1, 0.15) is 11.5 Å². The molecule has 0 aromatic heterocycles. The number of fused-ring (bicyclic) bond motifs is 1. The second kappa shape index (κ2) is 8.34. The van der Waals surface area contributed by atoms with Crippen LogP contribution in [0.25, 0.3) is 0 Å². The molecule has 2 aliphatic rings. The minimum absolute atomic E-state index is 0.0494. The number of hydrogen-bond acceptors (Lipinski definition) is 5. The van der Waals surface area contributed by atoms with Crippen LogP contribution in [0.2, 0.25) is 0 Å². The number of hydrogen-bond donors (Lipinski definition) is 1. The Hall–Kier alpha value is -3.28. The highest BCUT2D eigenvalue weighted by atomic mass is 16.5. The summed E-state index contributed by atoms with van der Waals surface area (Å²) in [6.07, 6.45) is 1.45. The van der Waals surface area contributed by atoms with Crippen LogP contribution in [-0.4, -0.2) is 25.9 Å². The Morgan fingerprint density at radius 1 is 1.12 bits per heavy atom. The fourth-order valence-electron chi connectivity index (χ4n) is 4.77. The number of nitrogens with zero attached hydrogens (tertiary/aromatic N) is 1. The van der Waals surface area contributed by atoms with E-state index >= 15 is 0 Å². The molecule has 6 nitrogen and oxygen atoms in total. The van der Waals surface area contributed by atoms with Crippen molar-refractivity contribution in [2.45, 2.75) is 46.1 Å². The van der Waals surface area contributed by atoms with Gasteiger partial charge in [-0.2, -0.15) is 0 Å². The average molecular weight is 435 g/mol. The quantitative estimate of drug-likeness (QED) is 0.711. The molecule has 4 rings (SSSR count). The van der Waals surface area contributed by atoms with E-state index in [0.29, 0.717) is 36.3 Å². The van der Waals surface area contributed by atoms with Gasteiger partial charge >= 0.3 is 0 Å². The van der Waals surface area contributed by atoms with Crippen molar-refractivity contribution in [3.63, 3.8) is 0 Å². The second-order valence-electron chi connectivity index (χ2n) is 9.10. The third-order valence-electron chi connectivity index (χ3n) is 6.21. The smallest absolute Gasteiger partial charge is 0.227 e. The van der Waals surface area contributed by atoms with E-state index in [4.69, 9.17) is 9.47 Å². The van der Waals surface area contributed by atoms with Crippen LogP contribution in [0.5, 0.6) is 11.5 Å². The maximum atomic E-state index is 13.6. The van der Waals surface area contributed by atoms with Gasteiger partial charge in [-0.05, 0) is 36.1 Å². The maximum absolute atomic E-state index is 13.6. The largest absolute Gasteiger partial charge is 0.497 e. The van der Waals surface area contributed by atoms with Crippen molar-refractivity contribution in [2.75, 3.05) is 24.4 Å². The highest BCUT2D eigenvalue weighted by Crippen LogP contribution is 2.50. The van der Waals surface area contributed by atoms with E-state index in [1.807, 2.05) is 43.3 Å². The lowest BCUT2D eigenvalue weighted by atomic mass is 9.73. The topological polar surface area (TPSA) is 67.9 Å². The Morgan fingerprint density at radius 3 is 2.56 bits per heavy atom. The highest BCUT2D eigenvalue weighted by molar-refractivity contribution is 6.06. The summed E-state index contributed by atoms with van der Waals surface area (Å²) in [6.45, 7) is 6.04. The van der Waals surface area contributed by atoms with Gasteiger partial charge in [0.05, 0.1) is 31.6 Å². The predicted octanol–water partition coefficient (Wildman–Crippen LogP) is 5.26. The third-order valence-corrected chi connectivity index (χ3v) is 6.21. The van der Waals surface area contributed by atoms with Gasteiger partial charge in [0.25, 0.3) is 0 Å². The van der Waals surface area contributed by atoms with Gasteiger partial charge in [0.2, 0.25) is 5.91 Å². The molecule has 32 heavy (non-hydrogen) atoms. The van der Waals surface area contributed by atoms with Crippen LogP contribution in [0.3, 0.4) is 0 Å². The summed E-state index contributed by atoms with van der Waals surface area (Å²) in [7, 11) is 3.19. The molecule has 2 aromatic rings. The molecule has 0 fully saturated rings. The number of anilines is 2. The highest BCUT2D eigenvalue weighted by Gasteiger charge is 2.43. The summed E-state index contributed by atoms with van der Waals surface area (Å²) >= 11 is 0. The Balaban J connectivity index is 2.04. The standard InChI is InChI=1S/C26H30N2O4/c1-6-23(30)28-20-10-8-7-9-18(20)27-19-14-26(2,3)15-21(29)24(19)25(28)17-12-11-16(31-4)13-22(17)32-5/h7-13,25,27H,6,14-15H2,1-5H3/t25-/m0/s1. The molecule has 168 valence electrons. The number of carbonyl (C=O) groups excluding carboxylic acids is 2. The zero-order chi connectivity index (χ0) is 23.0. The fraction of sp³-hybridized carbons (Fsp3) is 0.385. The van der Waals surface area contributed by atoms with Crippen LogP contribution in [0.15, 0.2) is 53.7 Å². The first-order valence-corrected chi connectivity index (χ1v) is 11.0. The van der Waals surface area contributed by atoms with Crippen molar-refractivity contribution in [3.05, 3.63) is 59.3 Å². The summed E-state index contributed by atoms with van der Waals surface area (Å²) in [5.74, 6) is 1.21. The Kier molecular flexibility index (Phi) is 5.71. The molecule has 0 radical (unpaired) electrons. The molecule has 0 unspecified atom stereocenters. The number of rotatable bonds is 4. The molecule has 0 spiro atoms. The number of allylic oxidation sites excluding steroid dienone is 1. The first-order chi connectivity index (χ1) is 15.3. The van der Waals surface area contributed by atoms with Crippen LogP contribution in [-0.2, 0) is 9.59 Å². The number of methoxy groups -OCH3 is 2. The summed E-state index contributed by atoms with van der Waals surface area (Å²) in [5, 5.41) is 3.52. The number of benzene rings is 2. The van der Waals surface area contributed by atoms with Gasteiger partial charge in [-0.1, -0.05) is 32.9 Å². The molecule has 2 aromatic carbocycles. The van der Waals surface area contributed by atoms with Crippen molar-refractivity contribution in [2.24, 2.45) is 5.41 Å². The molecular formula is C26H30N2O4. The summed E-state index contributed by atoms with van der Waals surface area (Å²) in [5.41, 5.74) is 3.66. The van der Waals surface area contributed by atoms with Gasteiger partial charge in [-0.25, -0.2) is 0 Å². The molecular weight excluding hydrogens is 404 g/mol. The van der Waals surface area contributed by atoms with Gasteiger partial charge in [0.15, 0.2) is 5.78 Å². The third kappa shape index (κ3) is 3.74. The number of ether oxygens (including phenoxy) is 2. The molecule has 0 bridgehead atoms. The minimum atomic E-state index is -0.599. The van der Waals surface area contributed by atoms with Crippen molar-refractivity contribution in [1.29, 1.82) is 0 Å². The summed E-state index contributed by atoms with van der Waals surface area (Å²) in [4.78, 5) is 28.8. The zero-order valence-electron chi connectivity index (χ0n) is 19.3.